The van der Waals surface area contributed by atoms with Crippen molar-refractivity contribution < 1.29 is 19.2 Å². The zero-order valence-corrected chi connectivity index (χ0v) is 19.3. The fraction of sp³-hybridized carbons (Fsp3) is 0.818. The van der Waals surface area contributed by atoms with E-state index in [4.69, 9.17) is 11.5 Å². The second-order valence-electron chi connectivity index (χ2n) is 11.0. The Morgan fingerprint density at radius 3 is 2.42 bits per heavy atom. The molecule has 0 spiro atoms. The minimum Gasteiger partial charge on any atom is -0.368 e. The van der Waals surface area contributed by atoms with Crippen molar-refractivity contribution in [3.63, 3.8) is 0 Å². The molecule has 5 N–H and O–H groups in total. The van der Waals surface area contributed by atoms with Crippen molar-refractivity contribution >= 4 is 23.6 Å². The molecule has 0 bridgehead atoms. The highest BCUT2D eigenvalue weighted by Crippen LogP contribution is 2.65. The Hall–Kier alpha value is -2.16. The van der Waals surface area contributed by atoms with E-state index in [0.29, 0.717) is 19.5 Å². The maximum Gasteiger partial charge on any atom is 0.243 e. The zero-order chi connectivity index (χ0) is 23.3. The van der Waals surface area contributed by atoms with Gasteiger partial charge in [-0.3, -0.25) is 19.2 Å². The SMILES string of the molecule is CC(C)(C)[C@H](N)C(=O)N1C[C@H]2[C@@H]([C@H]1C(=O)NC(CN1CCCCC1=O)C(N)=O)C2(C)C. The predicted molar refractivity (Wildman–Crippen MR) is 115 cm³/mol. The van der Waals surface area contributed by atoms with Crippen LogP contribution in [0, 0.1) is 22.7 Å². The van der Waals surface area contributed by atoms with Crippen LogP contribution in [0.5, 0.6) is 0 Å². The third-order valence-corrected chi connectivity index (χ3v) is 7.44. The number of likely N-dealkylation sites (tertiary alicyclic amines) is 2. The Balaban J connectivity index is 1.76. The molecule has 3 fully saturated rings. The molecule has 174 valence electrons. The van der Waals surface area contributed by atoms with Crippen molar-refractivity contribution in [1.29, 1.82) is 0 Å². The molecule has 0 radical (unpaired) electrons. The van der Waals surface area contributed by atoms with Gasteiger partial charge in [-0.2, -0.15) is 0 Å². The van der Waals surface area contributed by atoms with E-state index in [-0.39, 0.29) is 35.6 Å². The molecule has 1 aliphatic carbocycles. The van der Waals surface area contributed by atoms with Crippen molar-refractivity contribution in [3.8, 4) is 0 Å². The number of nitrogens with zero attached hydrogens (tertiary/aromatic N) is 2. The summed E-state index contributed by atoms with van der Waals surface area (Å²) in [5.41, 5.74) is 11.3. The van der Waals surface area contributed by atoms with Gasteiger partial charge in [0.15, 0.2) is 0 Å². The first-order valence-corrected chi connectivity index (χ1v) is 11.2. The highest BCUT2D eigenvalue weighted by Gasteiger charge is 2.69. The van der Waals surface area contributed by atoms with E-state index in [2.05, 4.69) is 19.2 Å². The van der Waals surface area contributed by atoms with Crippen LogP contribution in [0.25, 0.3) is 0 Å². The van der Waals surface area contributed by atoms with Crippen molar-refractivity contribution in [2.24, 2.45) is 34.1 Å². The second kappa shape index (κ2) is 8.07. The monoisotopic (exact) mass is 435 g/mol. The van der Waals surface area contributed by atoms with E-state index in [1.807, 2.05) is 20.8 Å². The third-order valence-electron chi connectivity index (χ3n) is 7.44. The fourth-order valence-electron chi connectivity index (χ4n) is 5.10. The summed E-state index contributed by atoms with van der Waals surface area (Å²) in [7, 11) is 0. The van der Waals surface area contributed by atoms with Crippen LogP contribution < -0.4 is 16.8 Å². The summed E-state index contributed by atoms with van der Waals surface area (Å²) in [6.07, 6.45) is 2.12. The van der Waals surface area contributed by atoms with Crippen LogP contribution in [0.15, 0.2) is 0 Å². The Bertz CT molecular complexity index is 774. The number of hydrogen-bond acceptors (Lipinski definition) is 5. The van der Waals surface area contributed by atoms with Crippen LogP contribution in [-0.2, 0) is 19.2 Å². The van der Waals surface area contributed by atoms with Gasteiger partial charge >= 0.3 is 0 Å². The maximum absolute atomic E-state index is 13.3. The molecule has 0 aromatic rings. The van der Waals surface area contributed by atoms with Crippen LogP contribution in [0.1, 0.15) is 53.9 Å². The van der Waals surface area contributed by atoms with Gasteiger partial charge < -0.3 is 26.6 Å². The van der Waals surface area contributed by atoms with Crippen molar-refractivity contribution in [1.82, 2.24) is 15.1 Å². The Morgan fingerprint density at radius 2 is 1.87 bits per heavy atom. The lowest BCUT2D eigenvalue weighted by atomic mass is 9.86. The van der Waals surface area contributed by atoms with E-state index in [1.165, 1.54) is 0 Å². The molecular weight excluding hydrogens is 398 g/mol. The molecule has 9 heteroatoms. The lowest BCUT2D eigenvalue weighted by molar-refractivity contribution is -0.144. The summed E-state index contributed by atoms with van der Waals surface area (Å²) in [5.74, 6) is -1.16. The molecule has 3 rings (SSSR count). The molecule has 1 unspecified atom stereocenters. The van der Waals surface area contributed by atoms with Gasteiger partial charge in [-0.15, -0.1) is 0 Å². The summed E-state index contributed by atoms with van der Waals surface area (Å²) < 4.78 is 0. The van der Waals surface area contributed by atoms with Gasteiger partial charge in [-0.05, 0) is 35.5 Å². The highest BCUT2D eigenvalue weighted by atomic mass is 16.2. The van der Waals surface area contributed by atoms with Crippen molar-refractivity contribution in [3.05, 3.63) is 0 Å². The smallest absolute Gasteiger partial charge is 0.243 e. The van der Waals surface area contributed by atoms with Crippen LogP contribution >= 0.6 is 0 Å². The topological polar surface area (TPSA) is 139 Å². The average Bonchev–Trinajstić information content (AvgIpc) is 3.02. The van der Waals surface area contributed by atoms with Crippen LogP contribution in [-0.4, -0.2) is 71.2 Å². The lowest BCUT2D eigenvalue weighted by Gasteiger charge is -2.36. The summed E-state index contributed by atoms with van der Waals surface area (Å²) in [6, 6.07) is -2.43. The number of carbonyl (C=O) groups is 4. The number of carbonyl (C=O) groups excluding carboxylic acids is 4. The predicted octanol–water partition coefficient (Wildman–Crippen LogP) is -0.175. The van der Waals surface area contributed by atoms with Gasteiger partial charge in [-0.1, -0.05) is 34.6 Å². The van der Waals surface area contributed by atoms with E-state index in [0.717, 1.165) is 12.8 Å². The average molecular weight is 436 g/mol. The number of hydrogen-bond donors (Lipinski definition) is 3. The zero-order valence-electron chi connectivity index (χ0n) is 19.3. The number of nitrogens with one attached hydrogen (secondary N) is 1. The summed E-state index contributed by atoms with van der Waals surface area (Å²) >= 11 is 0. The highest BCUT2D eigenvalue weighted by molar-refractivity contribution is 5.94. The van der Waals surface area contributed by atoms with Gasteiger partial charge in [0.2, 0.25) is 23.6 Å². The molecule has 0 aromatic heterocycles. The van der Waals surface area contributed by atoms with Crippen LogP contribution in [0.2, 0.25) is 0 Å². The Labute approximate surface area is 184 Å². The van der Waals surface area contributed by atoms with Gasteiger partial charge in [0, 0.05) is 26.1 Å². The molecular formula is C22H37N5O4. The van der Waals surface area contributed by atoms with Crippen molar-refractivity contribution in [2.45, 2.75) is 72.0 Å². The molecule has 5 atom stereocenters. The molecule has 4 amide bonds. The first kappa shape index (κ1) is 23.5. The minimum atomic E-state index is -0.997. The molecule has 31 heavy (non-hydrogen) atoms. The molecule has 2 aliphatic heterocycles. The normalized spacial score (nSPS) is 29.2. The van der Waals surface area contributed by atoms with E-state index < -0.39 is 35.4 Å². The number of piperidine rings is 2. The largest absolute Gasteiger partial charge is 0.368 e. The Morgan fingerprint density at radius 1 is 1.23 bits per heavy atom. The number of fused-ring (bicyclic) bond motifs is 1. The maximum atomic E-state index is 13.3. The Kier molecular flexibility index (Phi) is 6.12. The molecule has 2 heterocycles. The van der Waals surface area contributed by atoms with Gasteiger partial charge in [0.05, 0.1) is 6.04 Å². The van der Waals surface area contributed by atoms with Gasteiger partial charge in [0.1, 0.15) is 12.1 Å². The molecule has 3 aliphatic rings. The van der Waals surface area contributed by atoms with E-state index >= 15 is 0 Å². The number of amides is 4. The first-order chi connectivity index (χ1) is 14.3. The number of nitrogens with two attached hydrogens (primary N) is 2. The van der Waals surface area contributed by atoms with E-state index in [1.54, 1.807) is 9.80 Å². The summed E-state index contributed by atoms with van der Waals surface area (Å²) in [4.78, 5) is 53.9. The van der Waals surface area contributed by atoms with Gasteiger partial charge in [0.25, 0.3) is 0 Å². The molecule has 9 nitrogen and oxygen atoms in total. The number of primary amides is 1. The lowest BCUT2D eigenvalue weighted by Crippen LogP contribution is -2.60. The van der Waals surface area contributed by atoms with Gasteiger partial charge in [-0.25, -0.2) is 0 Å². The van der Waals surface area contributed by atoms with Crippen LogP contribution in [0.4, 0.5) is 0 Å². The third kappa shape index (κ3) is 4.42. The minimum absolute atomic E-state index is 0.00811. The standard InChI is InChI=1S/C22H37N5O4/c1-21(2,3)17(23)20(31)27-10-12-15(22(12,4)5)16(27)19(30)25-13(18(24)29)11-26-9-7-6-8-14(26)28/h12-13,15-17H,6-11,23H2,1-5H3,(H2,24,29)(H,25,30)/t12-,13?,15-,16-,17+/m0/s1. The van der Waals surface area contributed by atoms with Crippen LogP contribution in [0.3, 0.4) is 0 Å². The molecule has 1 saturated carbocycles. The van der Waals surface area contributed by atoms with Crippen molar-refractivity contribution in [2.75, 3.05) is 19.6 Å². The number of rotatable bonds is 6. The molecule has 0 aromatic carbocycles. The molecule has 2 saturated heterocycles. The quantitative estimate of drug-likeness (QED) is 0.531. The summed E-state index contributed by atoms with van der Waals surface area (Å²) in [5, 5.41) is 2.74. The second-order valence-corrected chi connectivity index (χ2v) is 11.0. The fourth-order valence-corrected chi connectivity index (χ4v) is 5.10. The first-order valence-electron chi connectivity index (χ1n) is 11.2. The van der Waals surface area contributed by atoms with E-state index in [9.17, 15) is 19.2 Å². The summed E-state index contributed by atoms with van der Waals surface area (Å²) in [6.45, 7) is 10.9.